The van der Waals surface area contributed by atoms with Crippen molar-refractivity contribution in [1.82, 2.24) is 20.6 Å². The Morgan fingerprint density at radius 3 is 2.74 bits per heavy atom. The Morgan fingerprint density at radius 2 is 2.06 bits per heavy atom. The van der Waals surface area contributed by atoms with Gasteiger partial charge in [-0.3, -0.25) is 4.79 Å². The average molecular weight is 479 g/mol. The number of para-hydroxylation sites is 2. The third-order valence-corrected chi connectivity index (χ3v) is 7.14. The largest absolute Gasteiger partial charge is 0.471 e. The summed E-state index contributed by atoms with van der Waals surface area (Å²) in [6.45, 7) is 6.26. The van der Waals surface area contributed by atoms with E-state index < -0.39 is 17.6 Å². The molecule has 0 spiro atoms. The number of hydrogen-bond donors (Lipinski definition) is 2. The number of esters is 1. The van der Waals surface area contributed by atoms with Gasteiger partial charge in [0.25, 0.3) is 0 Å². The third kappa shape index (κ3) is 4.17. The third-order valence-electron chi connectivity index (χ3n) is 6.26. The first kappa shape index (κ1) is 22.5. The zero-order valence-corrected chi connectivity index (χ0v) is 19.6. The van der Waals surface area contributed by atoms with Gasteiger partial charge in [0.2, 0.25) is 11.8 Å². The first-order chi connectivity index (χ1) is 16.5. The van der Waals surface area contributed by atoms with E-state index in [0.29, 0.717) is 31.0 Å². The van der Waals surface area contributed by atoms with Gasteiger partial charge in [0.05, 0.1) is 28.6 Å². The summed E-state index contributed by atoms with van der Waals surface area (Å²) >= 11 is 1.57. The fourth-order valence-electron chi connectivity index (χ4n) is 4.36. The lowest BCUT2D eigenvalue weighted by Crippen LogP contribution is -2.51. The van der Waals surface area contributed by atoms with E-state index in [9.17, 15) is 9.59 Å². The first-order valence-electron chi connectivity index (χ1n) is 11.4. The summed E-state index contributed by atoms with van der Waals surface area (Å²) in [6, 6.07) is 11.1. The van der Waals surface area contributed by atoms with Crippen LogP contribution in [0, 0.1) is 5.92 Å². The molecule has 2 fully saturated rings. The second-order valence-electron chi connectivity index (χ2n) is 8.51. The van der Waals surface area contributed by atoms with Crippen molar-refractivity contribution in [2.75, 3.05) is 13.2 Å². The average Bonchev–Trinajstić information content (AvgIpc) is 3.19. The summed E-state index contributed by atoms with van der Waals surface area (Å²) in [5, 5.41) is 8.11. The van der Waals surface area contributed by atoms with Gasteiger partial charge in [0.15, 0.2) is 0 Å². The van der Waals surface area contributed by atoms with E-state index in [2.05, 4.69) is 17.2 Å². The monoisotopic (exact) mass is 478 g/mol. The Balaban J connectivity index is 1.30. The van der Waals surface area contributed by atoms with Crippen LogP contribution in [0.5, 0.6) is 5.88 Å². The van der Waals surface area contributed by atoms with Crippen LogP contribution in [0.15, 0.2) is 54.4 Å². The minimum absolute atomic E-state index is 0.120. The molecule has 1 saturated carbocycles. The molecule has 2 N–H and O–H groups in total. The topological polar surface area (TPSA) is 102 Å². The van der Waals surface area contributed by atoms with E-state index in [1.165, 1.54) is 0 Å². The fourth-order valence-corrected chi connectivity index (χ4v) is 5.06. The predicted molar refractivity (Wildman–Crippen MR) is 129 cm³/mol. The molecule has 1 amide bonds. The molecule has 34 heavy (non-hydrogen) atoms. The maximum absolute atomic E-state index is 13.0. The van der Waals surface area contributed by atoms with Crippen LogP contribution in [0.1, 0.15) is 19.8 Å². The Labute approximate surface area is 201 Å². The van der Waals surface area contributed by atoms with Gasteiger partial charge >= 0.3 is 5.97 Å². The molecular weight excluding hydrogens is 452 g/mol. The van der Waals surface area contributed by atoms with E-state index >= 15 is 0 Å². The second kappa shape index (κ2) is 9.15. The molecule has 1 aliphatic carbocycles. The van der Waals surface area contributed by atoms with Gasteiger partial charge in [-0.2, -0.15) is 0 Å². The van der Waals surface area contributed by atoms with E-state index in [1.807, 2.05) is 41.8 Å². The summed E-state index contributed by atoms with van der Waals surface area (Å²) in [6.07, 6.45) is 2.38. The molecule has 0 radical (unpaired) electrons. The molecule has 176 valence electrons. The van der Waals surface area contributed by atoms with Crippen LogP contribution in [0.2, 0.25) is 0 Å². The highest BCUT2D eigenvalue weighted by Crippen LogP contribution is 2.45. The molecule has 2 aliphatic rings. The molecule has 9 heteroatoms. The van der Waals surface area contributed by atoms with Crippen LogP contribution in [0.3, 0.4) is 0 Å². The summed E-state index contributed by atoms with van der Waals surface area (Å²) in [7, 11) is 0. The number of nitrogens with zero attached hydrogens (tertiary/aromatic N) is 2. The van der Waals surface area contributed by atoms with E-state index in [0.717, 1.165) is 15.9 Å². The van der Waals surface area contributed by atoms with Crippen molar-refractivity contribution in [3.05, 3.63) is 54.4 Å². The van der Waals surface area contributed by atoms with Gasteiger partial charge in [-0.05, 0) is 36.9 Å². The molecule has 2 aromatic heterocycles. The molecule has 0 unspecified atom stereocenters. The smallest absolute Gasteiger partial charge is 0.332 e. The second-order valence-corrected chi connectivity index (χ2v) is 9.45. The Kier molecular flexibility index (Phi) is 6.05. The number of benzene rings is 1. The number of amides is 1. The van der Waals surface area contributed by atoms with Crippen LogP contribution in [0.4, 0.5) is 0 Å². The van der Waals surface area contributed by atoms with Crippen LogP contribution in [-0.4, -0.2) is 52.7 Å². The van der Waals surface area contributed by atoms with E-state index in [4.69, 9.17) is 19.4 Å². The van der Waals surface area contributed by atoms with Crippen molar-refractivity contribution in [2.24, 2.45) is 5.92 Å². The zero-order valence-electron chi connectivity index (χ0n) is 18.8. The first-order valence-corrected chi connectivity index (χ1v) is 12.2. The number of thiophene rings is 1. The fraction of sp³-hybridized carbons (Fsp3) is 0.360. The lowest BCUT2D eigenvalue weighted by atomic mass is 10.1. The van der Waals surface area contributed by atoms with Crippen LogP contribution in [-0.2, 0) is 14.3 Å². The van der Waals surface area contributed by atoms with Crippen molar-refractivity contribution in [1.29, 1.82) is 0 Å². The Morgan fingerprint density at radius 1 is 1.26 bits per heavy atom. The lowest BCUT2D eigenvalue weighted by Gasteiger charge is -2.20. The highest BCUT2D eigenvalue weighted by atomic mass is 32.1. The number of aromatic nitrogens is 2. The molecule has 4 atom stereocenters. The molecule has 5 rings (SSSR count). The Hall–Kier alpha value is -3.30. The van der Waals surface area contributed by atoms with E-state index in [-0.39, 0.29) is 24.5 Å². The molecule has 1 aliphatic heterocycles. The summed E-state index contributed by atoms with van der Waals surface area (Å²) < 4.78 is 11.5. The summed E-state index contributed by atoms with van der Waals surface area (Å²) in [5.41, 5.74) is 1.23. The number of carbonyl (C=O) groups is 2. The minimum atomic E-state index is -1.01. The number of rotatable bonds is 8. The van der Waals surface area contributed by atoms with Gasteiger partial charge in [0, 0.05) is 18.9 Å². The highest BCUT2D eigenvalue weighted by Gasteiger charge is 2.61. The number of carbonyl (C=O) groups excluding carboxylic acids is 2. The molecule has 1 aromatic carbocycles. The van der Waals surface area contributed by atoms with Gasteiger partial charge in [0.1, 0.15) is 17.3 Å². The van der Waals surface area contributed by atoms with Crippen molar-refractivity contribution >= 4 is 34.2 Å². The van der Waals surface area contributed by atoms with E-state index in [1.54, 1.807) is 24.3 Å². The number of nitrogens with one attached hydrogen (secondary N) is 2. The van der Waals surface area contributed by atoms with Gasteiger partial charge in [-0.25, -0.2) is 14.8 Å². The molecule has 3 heterocycles. The van der Waals surface area contributed by atoms with Crippen LogP contribution >= 0.6 is 11.3 Å². The number of hydrogen-bond acceptors (Lipinski definition) is 8. The van der Waals surface area contributed by atoms with Crippen molar-refractivity contribution in [3.8, 4) is 16.5 Å². The number of ether oxygens (including phenoxy) is 2. The van der Waals surface area contributed by atoms with Gasteiger partial charge in [-0.15, -0.1) is 17.9 Å². The number of fused-ring (bicyclic) bond motifs is 1. The minimum Gasteiger partial charge on any atom is -0.471 e. The van der Waals surface area contributed by atoms with Gasteiger partial charge in [-0.1, -0.05) is 24.3 Å². The van der Waals surface area contributed by atoms with Gasteiger partial charge < -0.3 is 20.1 Å². The molecule has 8 nitrogen and oxygen atoms in total. The van der Waals surface area contributed by atoms with Crippen molar-refractivity contribution in [3.63, 3.8) is 0 Å². The predicted octanol–water partition coefficient (Wildman–Crippen LogP) is 3.09. The van der Waals surface area contributed by atoms with Crippen LogP contribution < -0.4 is 15.4 Å². The standard InChI is InChI=1S/C25H26N4O4S/c1-3-15-13-25(15,24(31)32-4-2)29-22(30)19-12-16(14-26-19)33-23-21(20-10-7-11-34-20)27-17-8-5-6-9-18(17)28-23/h3,5-11,15-16,19,26H,1,4,12-14H2,2H3,(H,29,30)/t15-,16-,19+,25-/m1/s1. The SMILES string of the molecule is C=C[C@@H]1C[C@]1(NC(=O)[C@@H]1C[C@@H](Oc2nc3ccccc3nc2-c2cccs2)CN1)C(=O)OCC. The molecular formula is C25H26N4O4S. The maximum atomic E-state index is 13.0. The summed E-state index contributed by atoms with van der Waals surface area (Å²) in [4.78, 5) is 35.9. The Bertz CT molecular complexity index is 1230. The maximum Gasteiger partial charge on any atom is 0.332 e. The highest BCUT2D eigenvalue weighted by molar-refractivity contribution is 7.13. The molecule has 1 saturated heterocycles. The normalized spacial score (nSPS) is 25.6. The van der Waals surface area contributed by atoms with Crippen molar-refractivity contribution in [2.45, 2.75) is 37.5 Å². The van der Waals surface area contributed by atoms with Crippen molar-refractivity contribution < 1.29 is 19.1 Å². The quantitative estimate of drug-likeness (QED) is 0.379. The molecule has 0 bridgehead atoms. The van der Waals surface area contributed by atoms with Crippen LogP contribution in [0.25, 0.3) is 21.6 Å². The lowest BCUT2D eigenvalue weighted by molar-refractivity contribution is -0.149. The molecule has 3 aromatic rings. The summed E-state index contributed by atoms with van der Waals surface area (Å²) in [5.74, 6) is -0.325. The zero-order chi connectivity index (χ0) is 23.7.